The second-order valence-corrected chi connectivity index (χ2v) is 16.0. The summed E-state index contributed by atoms with van der Waals surface area (Å²) in [5.41, 5.74) is 2.14. The molecule has 14 heteroatoms. The van der Waals surface area contributed by atoms with E-state index >= 15 is 0 Å². The van der Waals surface area contributed by atoms with Gasteiger partial charge in [0.05, 0.1) is 11.0 Å². The minimum Gasteiger partial charge on any atom is -0.383 e. The number of nitrogens with one attached hydrogen (secondary N) is 2. The second-order valence-electron chi connectivity index (χ2n) is 16.0. The summed E-state index contributed by atoms with van der Waals surface area (Å²) in [6.45, 7) is 14.0. The second kappa shape index (κ2) is 18.6. The predicted octanol–water partition coefficient (Wildman–Crippen LogP) is 7.04. The van der Waals surface area contributed by atoms with E-state index in [1.54, 1.807) is 64.1 Å². The fourth-order valence-electron chi connectivity index (χ4n) is 7.75. The van der Waals surface area contributed by atoms with E-state index in [1.165, 1.54) is 24.5 Å². The highest BCUT2D eigenvalue weighted by Crippen LogP contribution is 2.36. The van der Waals surface area contributed by atoms with E-state index in [4.69, 9.17) is 0 Å². The van der Waals surface area contributed by atoms with Crippen LogP contribution in [0.2, 0.25) is 0 Å². The first-order valence-electron chi connectivity index (χ1n) is 19.3. The van der Waals surface area contributed by atoms with Crippen molar-refractivity contribution in [3.8, 4) is 0 Å². The van der Waals surface area contributed by atoms with Gasteiger partial charge < -0.3 is 30.6 Å². The Balaban J connectivity index is 0.000000214. The molecule has 2 aliphatic heterocycles. The van der Waals surface area contributed by atoms with Crippen LogP contribution in [0, 0.1) is 23.7 Å². The van der Waals surface area contributed by atoms with E-state index in [2.05, 4.69) is 44.2 Å². The number of carbonyl (C=O) groups is 2. The van der Waals surface area contributed by atoms with Crippen molar-refractivity contribution >= 4 is 45.0 Å². The smallest absolute Gasteiger partial charge is 0.265 e. The van der Waals surface area contributed by atoms with Gasteiger partial charge in [0.1, 0.15) is 12.2 Å². The van der Waals surface area contributed by atoms with Gasteiger partial charge in [-0.05, 0) is 85.0 Å². The first-order chi connectivity index (χ1) is 26.5. The molecule has 304 valence electrons. The minimum atomic E-state index is -2.59. The quantitative estimate of drug-likeness (QED) is 0.126. The van der Waals surface area contributed by atoms with Crippen molar-refractivity contribution in [1.29, 1.82) is 0 Å². The van der Waals surface area contributed by atoms with Crippen molar-refractivity contribution < 1.29 is 37.4 Å². The van der Waals surface area contributed by atoms with Crippen molar-refractivity contribution in [2.45, 2.75) is 91.5 Å². The lowest BCUT2D eigenvalue weighted by atomic mass is 9.94. The summed E-state index contributed by atoms with van der Waals surface area (Å²) in [4.78, 5) is 37.1. The van der Waals surface area contributed by atoms with Crippen LogP contribution in [0.5, 0.6) is 0 Å². The van der Waals surface area contributed by atoms with E-state index < -0.39 is 25.1 Å². The van der Waals surface area contributed by atoms with Crippen molar-refractivity contribution in [3.63, 3.8) is 0 Å². The zero-order valence-electron chi connectivity index (χ0n) is 32.8. The first-order valence-corrected chi connectivity index (χ1v) is 19.3. The topological polar surface area (TPSA) is 131 Å². The normalized spacial score (nSPS) is 21.4. The van der Waals surface area contributed by atoms with Crippen LogP contribution in [-0.2, 0) is 9.59 Å². The predicted molar refractivity (Wildman–Crippen MR) is 211 cm³/mol. The summed E-state index contributed by atoms with van der Waals surface area (Å²) in [7, 11) is 0. The summed E-state index contributed by atoms with van der Waals surface area (Å²) in [6.07, 6.45) is -2.61. The highest BCUT2D eigenvalue weighted by molar-refractivity contribution is 5.95. The van der Waals surface area contributed by atoms with Gasteiger partial charge in [-0.15, -0.1) is 0 Å². The number of aliphatic hydroxyl groups is 2. The average Bonchev–Trinajstić information content (AvgIpc) is 3.15. The number of aliphatic hydroxyl groups excluding tert-OH is 2. The summed E-state index contributed by atoms with van der Waals surface area (Å²) >= 11 is 0. The Labute approximate surface area is 325 Å². The SMILES string of the molecule is CC(C)[C@H](O)C(=O)N[C@@H]1C[C@H](C)CN(c2ccc(C(F)F)c3ncccc23)C1.CC(C)[C@H](O)C(=O)N[C@@H]1C[C@H](C)CN(c2ccc(C(F)F)c3ncccc23)C1. The number of alkyl halides is 4. The molecule has 6 atom stereocenters. The van der Waals surface area contributed by atoms with Crippen molar-refractivity contribution in [3.05, 3.63) is 72.1 Å². The van der Waals surface area contributed by atoms with Gasteiger partial charge in [-0.25, -0.2) is 17.6 Å². The number of anilines is 2. The van der Waals surface area contributed by atoms with Gasteiger partial charge in [-0.2, -0.15) is 0 Å². The highest BCUT2D eigenvalue weighted by atomic mass is 19.3. The number of fused-ring (bicyclic) bond motifs is 2. The molecular weight excluding hydrogens is 728 g/mol. The Morgan fingerprint density at radius 2 is 1.02 bits per heavy atom. The van der Waals surface area contributed by atoms with E-state index in [1.807, 2.05) is 0 Å². The van der Waals surface area contributed by atoms with Gasteiger partial charge in [0.2, 0.25) is 11.8 Å². The van der Waals surface area contributed by atoms with Gasteiger partial charge in [-0.3, -0.25) is 19.6 Å². The molecule has 6 rings (SSSR count). The zero-order valence-corrected chi connectivity index (χ0v) is 32.8. The number of hydrogen-bond donors (Lipinski definition) is 4. The van der Waals surface area contributed by atoms with E-state index in [9.17, 15) is 37.4 Å². The number of carbonyl (C=O) groups excluding carboxylic acids is 2. The van der Waals surface area contributed by atoms with Crippen LogP contribution in [-0.4, -0.2) is 82.5 Å². The van der Waals surface area contributed by atoms with Gasteiger partial charge in [-0.1, -0.05) is 41.5 Å². The maximum absolute atomic E-state index is 13.4. The summed E-state index contributed by atoms with van der Waals surface area (Å²) in [5, 5.41) is 27.2. The number of halogens is 4. The molecule has 4 aromatic rings. The largest absolute Gasteiger partial charge is 0.383 e. The summed E-state index contributed by atoms with van der Waals surface area (Å²) < 4.78 is 53.4. The Kier molecular flexibility index (Phi) is 14.1. The number of rotatable bonds is 10. The van der Waals surface area contributed by atoms with Crippen LogP contribution >= 0.6 is 0 Å². The van der Waals surface area contributed by atoms with Crippen molar-refractivity contribution in [1.82, 2.24) is 20.6 Å². The minimum absolute atomic E-state index is 0.0747. The van der Waals surface area contributed by atoms with Gasteiger partial charge >= 0.3 is 0 Å². The van der Waals surface area contributed by atoms with Crippen molar-refractivity contribution in [2.24, 2.45) is 23.7 Å². The molecule has 0 spiro atoms. The number of amides is 2. The van der Waals surface area contributed by atoms with Crippen LogP contribution < -0.4 is 20.4 Å². The lowest BCUT2D eigenvalue weighted by molar-refractivity contribution is -0.132. The fraction of sp³-hybridized carbons (Fsp3) is 0.524. The Bertz CT molecular complexity index is 1830. The molecule has 4 heterocycles. The van der Waals surface area contributed by atoms with E-state index in [0.29, 0.717) is 46.7 Å². The Morgan fingerprint density at radius 1 is 0.643 bits per heavy atom. The number of piperidine rings is 2. The van der Waals surface area contributed by atoms with Crippen LogP contribution in [0.3, 0.4) is 0 Å². The summed E-state index contributed by atoms with van der Waals surface area (Å²) in [5.74, 6) is -0.446. The molecule has 2 fully saturated rings. The fourth-order valence-corrected chi connectivity index (χ4v) is 7.75. The van der Waals surface area contributed by atoms with Gasteiger partial charge in [0.25, 0.3) is 12.9 Å². The lowest BCUT2D eigenvalue weighted by Gasteiger charge is -2.39. The Hall–Kier alpha value is -4.56. The average molecular weight is 783 g/mol. The molecule has 0 radical (unpaired) electrons. The first kappa shape index (κ1) is 42.6. The zero-order chi connectivity index (χ0) is 40.8. The third-order valence-corrected chi connectivity index (χ3v) is 10.5. The monoisotopic (exact) mass is 782 g/mol. The molecule has 2 aromatic heterocycles. The molecule has 2 saturated heterocycles. The van der Waals surface area contributed by atoms with Crippen LogP contribution in [0.15, 0.2) is 60.9 Å². The van der Waals surface area contributed by atoms with Crippen molar-refractivity contribution in [2.75, 3.05) is 36.0 Å². The molecule has 0 bridgehead atoms. The molecule has 4 N–H and O–H groups in total. The third kappa shape index (κ3) is 10.0. The maximum atomic E-state index is 13.4. The lowest BCUT2D eigenvalue weighted by Crippen LogP contribution is -2.53. The van der Waals surface area contributed by atoms with Crippen LogP contribution in [0.4, 0.5) is 28.9 Å². The highest BCUT2D eigenvalue weighted by Gasteiger charge is 2.32. The molecular formula is C42H54F4N6O4. The van der Waals surface area contributed by atoms with Gasteiger partial charge in [0.15, 0.2) is 0 Å². The Morgan fingerprint density at radius 3 is 1.36 bits per heavy atom. The number of pyridine rings is 2. The van der Waals surface area contributed by atoms with Crippen LogP contribution in [0.1, 0.15) is 78.4 Å². The number of benzene rings is 2. The van der Waals surface area contributed by atoms with Gasteiger partial charge in [0, 0.05) is 83.9 Å². The van der Waals surface area contributed by atoms with Crippen LogP contribution in [0.25, 0.3) is 21.8 Å². The standard InChI is InChI=1S/2C21H27F2N3O2/c2*1-12(2)19(27)21(28)25-14-9-13(3)10-26(11-14)17-7-6-16(20(22)23)18-15(17)5-4-8-24-18/h2*4-8,12-14,19-20,27H,9-11H2,1-3H3,(H,25,28)/t2*13-,14+,19-/m00/s1. The molecule has 2 aliphatic rings. The molecule has 0 saturated carbocycles. The maximum Gasteiger partial charge on any atom is 0.265 e. The van der Waals surface area contributed by atoms with E-state index in [0.717, 1.165) is 37.3 Å². The molecule has 10 nitrogen and oxygen atoms in total. The number of hydrogen-bond acceptors (Lipinski definition) is 8. The molecule has 56 heavy (non-hydrogen) atoms. The van der Waals surface area contributed by atoms with E-state index in [-0.39, 0.29) is 46.9 Å². The number of nitrogens with zero attached hydrogens (tertiary/aromatic N) is 4. The molecule has 0 aliphatic carbocycles. The molecule has 2 aromatic carbocycles. The third-order valence-electron chi connectivity index (χ3n) is 10.5. The summed E-state index contributed by atoms with van der Waals surface area (Å²) in [6, 6.07) is 13.2. The number of aromatic nitrogens is 2. The molecule has 0 unspecified atom stereocenters. The molecule has 2 amide bonds.